The summed E-state index contributed by atoms with van der Waals surface area (Å²) in [5.74, 6) is -1.23. The van der Waals surface area contributed by atoms with E-state index >= 15 is 0 Å². The highest BCUT2D eigenvalue weighted by Crippen LogP contribution is 2.08. The van der Waals surface area contributed by atoms with Gasteiger partial charge in [-0.3, -0.25) is 9.59 Å². The normalized spacial score (nSPS) is 12.1. The molecule has 186 valence electrons. The minimum Gasteiger partial charge on any atom is -0.481 e. The maximum absolute atomic E-state index is 12.6. The summed E-state index contributed by atoms with van der Waals surface area (Å²) in [6.07, 6.45) is -0.359. The van der Waals surface area contributed by atoms with E-state index in [9.17, 15) is 14.4 Å². The molecule has 0 saturated carbocycles. The maximum atomic E-state index is 12.6. The van der Waals surface area contributed by atoms with Crippen molar-refractivity contribution in [2.24, 2.45) is 0 Å². The second-order valence-electron chi connectivity index (χ2n) is 8.16. The number of amides is 2. The van der Waals surface area contributed by atoms with Crippen molar-refractivity contribution in [3.05, 3.63) is 35.9 Å². The number of rotatable bonds is 16. The zero-order valence-corrected chi connectivity index (χ0v) is 19.6. The first-order valence-electron chi connectivity index (χ1n) is 10.9. The molecule has 10 heteroatoms. The van der Waals surface area contributed by atoms with E-state index in [0.717, 1.165) is 5.56 Å². The molecular weight excluding hydrogens is 432 g/mol. The lowest BCUT2D eigenvalue weighted by Gasteiger charge is -2.23. The molecule has 1 unspecified atom stereocenters. The van der Waals surface area contributed by atoms with Crippen molar-refractivity contribution in [1.29, 1.82) is 0 Å². The fourth-order valence-electron chi connectivity index (χ4n) is 2.58. The standard InChI is InChI=1S/C23H36N2O8/c1-23(2,3)33-22(29)25-19(17-18-7-5-4-6-8-18)21(28)24-10-12-31-14-16-32-15-13-30-11-9-20(26)27/h4-8,19H,9-17H2,1-3H3,(H,24,28)(H,25,29)(H,26,27). The highest BCUT2D eigenvalue weighted by Gasteiger charge is 2.24. The van der Waals surface area contributed by atoms with E-state index < -0.39 is 23.7 Å². The Bertz CT molecular complexity index is 706. The van der Waals surface area contributed by atoms with Crippen molar-refractivity contribution in [1.82, 2.24) is 10.6 Å². The van der Waals surface area contributed by atoms with Gasteiger partial charge < -0.3 is 34.7 Å². The van der Waals surface area contributed by atoms with Gasteiger partial charge in [-0.2, -0.15) is 0 Å². The van der Waals surface area contributed by atoms with Gasteiger partial charge in [0.25, 0.3) is 0 Å². The molecule has 0 aromatic heterocycles. The van der Waals surface area contributed by atoms with E-state index in [1.165, 1.54) is 0 Å². The summed E-state index contributed by atoms with van der Waals surface area (Å²) in [6, 6.07) is 8.61. The number of hydrogen-bond donors (Lipinski definition) is 3. The van der Waals surface area contributed by atoms with Crippen LogP contribution in [0.15, 0.2) is 30.3 Å². The van der Waals surface area contributed by atoms with Crippen LogP contribution in [0.3, 0.4) is 0 Å². The first kappa shape index (κ1) is 28.3. The van der Waals surface area contributed by atoms with Crippen LogP contribution >= 0.6 is 0 Å². The molecule has 0 heterocycles. The van der Waals surface area contributed by atoms with Gasteiger partial charge in [-0.1, -0.05) is 30.3 Å². The molecule has 3 N–H and O–H groups in total. The zero-order valence-electron chi connectivity index (χ0n) is 19.6. The lowest BCUT2D eigenvalue weighted by atomic mass is 10.1. The Labute approximate surface area is 194 Å². The van der Waals surface area contributed by atoms with E-state index in [-0.39, 0.29) is 32.1 Å². The molecule has 0 spiro atoms. The van der Waals surface area contributed by atoms with Gasteiger partial charge in [-0.15, -0.1) is 0 Å². The molecule has 0 aliphatic heterocycles. The van der Waals surface area contributed by atoms with Crippen LogP contribution in [0.1, 0.15) is 32.8 Å². The Morgan fingerprint density at radius 2 is 1.48 bits per heavy atom. The fourth-order valence-corrected chi connectivity index (χ4v) is 2.58. The van der Waals surface area contributed by atoms with Gasteiger partial charge in [0.2, 0.25) is 5.91 Å². The third-order valence-corrected chi connectivity index (χ3v) is 4.04. The third-order valence-electron chi connectivity index (χ3n) is 4.04. The molecule has 1 atom stereocenters. The summed E-state index contributed by atoms with van der Waals surface area (Å²) in [5, 5.41) is 13.9. The van der Waals surface area contributed by atoms with E-state index in [2.05, 4.69) is 10.6 Å². The van der Waals surface area contributed by atoms with Crippen LogP contribution in [-0.2, 0) is 35.0 Å². The van der Waals surface area contributed by atoms with Crippen molar-refractivity contribution in [2.75, 3.05) is 46.2 Å². The number of benzene rings is 1. The van der Waals surface area contributed by atoms with Crippen molar-refractivity contribution < 1.29 is 38.4 Å². The van der Waals surface area contributed by atoms with Gasteiger partial charge in [0, 0.05) is 13.0 Å². The first-order valence-corrected chi connectivity index (χ1v) is 10.9. The van der Waals surface area contributed by atoms with Gasteiger partial charge >= 0.3 is 12.1 Å². The molecule has 0 saturated heterocycles. The number of carboxylic acid groups (broad SMARTS) is 1. The van der Waals surface area contributed by atoms with Crippen LogP contribution in [0.4, 0.5) is 4.79 Å². The van der Waals surface area contributed by atoms with Gasteiger partial charge in [0.15, 0.2) is 0 Å². The molecule has 1 aromatic rings. The number of aliphatic carboxylic acids is 1. The van der Waals surface area contributed by atoms with Crippen LogP contribution in [-0.4, -0.2) is 80.9 Å². The monoisotopic (exact) mass is 468 g/mol. The van der Waals surface area contributed by atoms with Crippen LogP contribution in [0.5, 0.6) is 0 Å². The lowest BCUT2D eigenvalue weighted by molar-refractivity contribution is -0.138. The minimum atomic E-state index is -0.900. The number of carboxylic acids is 1. The summed E-state index contributed by atoms with van der Waals surface area (Å²) in [5.41, 5.74) is 0.243. The molecule has 33 heavy (non-hydrogen) atoms. The third kappa shape index (κ3) is 15.7. The molecule has 0 radical (unpaired) electrons. The number of ether oxygens (including phenoxy) is 4. The SMILES string of the molecule is CC(C)(C)OC(=O)NC(Cc1ccccc1)C(=O)NCCOCCOCCOCCC(=O)O. The van der Waals surface area contributed by atoms with Crippen LogP contribution in [0.2, 0.25) is 0 Å². The highest BCUT2D eigenvalue weighted by molar-refractivity contribution is 5.86. The molecule has 2 amide bonds. The van der Waals surface area contributed by atoms with Crippen LogP contribution < -0.4 is 10.6 Å². The predicted molar refractivity (Wildman–Crippen MR) is 121 cm³/mol. The minimum absolute atomic E-state index is 0.0334. The predicted octanol–water partition coefficient (Wildman–Crippen LogP) is 1.76. The molecule has 0 aliphatic carbocycles. The van der Waals surface area contributed by atoms with Crippen molar-refractivity contribution in [3.63, 3.8) is 0 Å². The average Bonchev–Trinajstić information content (AvgIpc) is 2.73. The molecule has 0 aliphatic rings. The van der Waals surface area contributed by atoms with E-state index in [1.54, 1.807) is 20.8 Å². The first-order chi connectivity index (χ1) is 15.7. The smallest absolute Gasteiger partial charge is 0.408 e. The number of nitrogens with one attached hydrogen (secondary N) is 2. The molecule has 1 aromatic carbocycles. The largest absolute Gasteiger partial charge is 0.481 e. The highest BCUT2D eigenvalue weighted by atomic mass is 16.6. The Balaban J connectivity index is 2.27. The van der Waals surface area contributed by atoms with Crippen LogP contribution in [0, 0.1) is 0 Å². The lowest BCUT2D eigenvalue weighted by Crippen LogP contribution is -2.49. The molecule has 1 rings (SSSR count). The molecule has 0 fully saturated rings. The number of alkyl carbamates (subject to hydrolysis) is 1. The fraction of sp³-hybridized carbons (Fsp3) is 0.609. The summed E-state index contributed by atoms with van der Waals surface area (Å²) >= 11 is 0. The van der Waals surface area contributed by atoms with Crippen molar-refractivity contribution >= 4 is 18.0 Å². The van der Waals surface area contributed by atoms with Gasteiger partial charge in [0.05, 0.1) is 46.1 Å². The zero-order chi connectivity index (χ0) is 24.5. The second kappa shape index (κ2) is 16.0. The molecule has 10 nitrogen and oxygen atoms in total. The van der Waals surface area contributed by atoms with Gasteiger partial charge in [-0.25, -0.2) is 4.79 Å². The summed E-state index contributed by atoms with van der Waals surface area (Å²) < 4.78 is 21.1. The van der Waals surface area contributed by atoms with Crippen LogP contribution in [0.25, 0.3) is 0 Å². The Morgan fingerprint density at radius 1 is 0.909 bits per heavy atom. The van der Waals surface area contributed by atoms with E-state index in [0.29, 0.717) is 32.8 Å². The Hall–Kier alpha value is -2.69. The quantitative estimate of drug-likeness (QED) is 0.313. The van der Waals surface area contributed by atoms with E-state index in [1.807, 2.05) is 30.3 Å². The summed E-state index contributed by atoms with van der Waals surface area (Å²) in [6.45, 7) is 7.34. The van der Waals surface area contributed by atoms with E-state index in [4.69, 9.17) is 24.1 Å². The molecule has 0 bridgehead atoms. The number of carbonyl (C=O) groups is 3. The van der Waals surface area contributed by atoms with Gasteiger partial charge in [0.1, 0.15) is 11.6 Å². The maximum Gasteiger partial charge on any atom is 0.408 e. The number of hydrogen-bond acceptors (Lipinski definition) is 7. The average molecular weight is 469 g/mol. The number of carbonyl (C=O) groups excluding carboxylic acids is 2. The van der Waals surface area contributed by atoms with Gasteiger partial charge in [-0.05, 0) is 26.3 Å². The van der Waals surface area contributed by atoms with Crippen molar-refractivity contribution in [3.8, 4) is 0 Å². The topological polar surface area (TPSA) is 132 Å². The Morgan fingerprint density at radius 3 is 2.06 bits per heavy atom. The summed E-state index contributed by atoms with van der Waals surface area (Å²) in [4.78, 5) is 35.1. The van der Waals surface area contributed by atoms with Crippen molar-refractivity contribution in [2.45, 2.75) is 45.3 Å². The summed E-state index contributed by atoms with van der Waals surface area (Å²) in [7, 11) is 0. The second-order valence-corrected chi connectivity index (χ2v) is 8.16. The Kier molecular flexibility index (Phi) is 13.7. The molecular formula is C23H36N2O8.